The van der Waals surface area contributed by atoms with Crippen molar-refractivity contribution in [2.45, 2.75) is 52.5 Å². The van der Waals surface area contributed by atoms with Gasteiger partial charge in [0.15, 0.2) is 0 Å². The molecule has 4 nitrogen and oxygen atoms in total. The highest BCUT2D eigenvalue weighted by molar-refractivity contribution is 6.03. The van der Waals surface area contributed by atoms with E-state index in [1.165, 1.54) is 27.8 Å². The molecule has 3 aromatic rings. The van der Waals surface area contributed by atoms with Gasteiger partial charge in [-0.1, -0.05) is 59.2 Å². The number of fused-ring (bicyclic) bond motifs is 2. The fourth-order valence-corrected chi connectivity index (χ4v) is 5.86. The Morgan fingerprint density at radius 1 is 0.853 bits per heavy atom. The van der Waals surface area contributed by atoms with E-state index in [1.54, 1.807) is 0 Å². The van der Waals surface area contributed by atoms with Crippen molar-refractivity contribution < 1.29 is 4.79 Å². The summed E-state index contributed by atoms with van der Waals surface area (Å²) in [5.41, 5.74) is 9.76. The van der Waals surface area contributed by atoms with Gasteiger partial charge in [-0.3, -0.25) is 9.80 Å². The lowest BCUT2D eigenvalue weighted by Crippen LogP contribution is -2.46. The van der Waals surface area contributed by atoms with Gasteiger partial charge in [0.1, 0.15) is 0 Å². The van der Waals surface area contributed by atoms with Crippen LogP contribution in [0.25, 0.3) is 0 Å². The Hall–Kier alpha value is -3.11. The summed E-state index contributed by atoms with van der Waals surface area (Å²) in [5.74, 6) is 0. The maximum absolute atomic E-state index is 13.4. The van der Waals surface area contributed by atoms with Gasteiger partial charge in [0.05, 0.1) is 0 Å². The van der Waals surface area contributed by atoms with Crippen LogP contribution in [0.4, 0.5) is 16.2 Å². The number of hydrogen-bond donors (Lipinski definition) is 1. The lowest BCUT2D eigenvalue weighted by atomic mass is 9.74. The molecule has 5 rings (SSSR count). The summed E-state index contributed by atoms with van der Waals surface area (Å²) in [6.45, 7) is 12.4. The molecule has 2 aliphatic rings. The third kappa shape index (κ3) is 4.47. The van der Waals surface area contributed by atoms with E-state index in [0.29, 0.717) is 0 Å². The largest absolute Gasteiger partial charge is 0.326 e. The summed E-state index contributed by atoms with van der Waals surface area (Å²) in [6.07, 6.45) is 2.14. The number of nitrogens with one attached hydrogen (secondary N) is 1. The minimum absolute atomic E-state index is 0.0321. The lowest BCUT2D eigenvalue weighted by Gasteiger charge is -2.40. The zero-order valence-corrected chi connectivity index (χ0v) is 20.8. The molecule has 2 amide bonds. The topological polar surface area (TPSA) is 35.6 Å². The van der Waals surface area contributed by atoms with Gasteiger partial charge < -0.3 is 5.32 Å². The number of likely N-dealkylation sites (tertiary alicyclic amines) is 1. The van der Waals surface area contributed by atoms with Crippen LogP contribution in [0, 0.1) is 27.7 Å². The summed E-state index contributed by atoms with van der Waals surface area (Å²) in [5, 5.41) is 3.13. The summed E-state index contributed by atoms with van der Waals surface area (Å²) >= 11 is 0. The maximum atomic E-state index is 13.4. The van der Waals surface area contributed by atoms with E-state index < -0.39 is 0 Å². The minimum atomic E-state index is -0.0368. The summed E-state index contributed by atoms with van der Waals surface area (Å²) in [4.78, 5) is 17.9. The molecule has 176 valence electrons. The average Bonchev–Trinajstić information content (AvgIpc) is 3.08. The molecule has 1 spiro atoms. The number of rotatable bonds is 3. The second-order valence-electron chi connectivity index (χ2n) is 10.5. The van der Waals surface area contributed by atoms with Crippen LogP contribution in [0.15, 0.2) is 60.7 Å². The predicted octanol–water partition coefficient (Wildman–Crippen LogP) is 6.51. The normalized spacial score (nSPS) is 17.1. The van der Waals surface area contributed by atoms with Crippen molar-refractivity contribution in [2.75, 3.05) is 29.9 Å². The van der Waals surface area contributed by atoms with Gasteiger partial charge in [0.2, 0.25) is 0 Å². The van der Waals surface area contributed by atoms with Crippen LogP contribution in [0.5, 0.6) is 0 Å². The predicted molar refractivity (Wildman–Crippen MR) is 141 cm³/mol. The second kappa shape index (κ2) is 8.92. The highest BCUT2D eigenvalue weighted by atomic mass is 16.2. The fraction of sp³-hybridized carbons (Fsp3) is 0.367. The standard InChI is InChI=1S/C30H35N3O/c1-21-6-5-7-26(17-21)31-29(34)33-20-30(27-18-22(2)8-9-28(27)33)10-12-32(13-11-30)19-25-15-23(3)14-24(4)16-25/h5-9,14-18H,10-13,19-20H2,1-4H3,(H,31,34). The van der Waals surface area contributed by atoms with Crippen molar-refractivity contribution in [1.29, 1.82) is 0 Å². The molecule has 1 N–H and O–H groups in total. The van der Waals surface area contributed by atoms with Gasteiger partial charge in [0.25, 0.3) is 0 Å². The Morgan fingerprint density at radius 3 is 2.26 bits per heavy atom. The van der Waals surface area contributed by atoms with E-state index >= 15 is 0 Å². The molecule has 0 bridgehead atoms. The van der Waals surface area contributed by atoms with Gasteiger partial charge in [-0.15, -0.1) is 0 Å². The Balaban J connectivity index is 1.34. The van der Waals surface area contributed by atoms with E-state index in [4.69, 9.17) is 0 Å². The Kier molecular flexibility index (Phi) is 5.95. The second-order valence-corrected chi connectivity index (χ2v) is 10.5. The van der Waals surface area contributed by atoms with Gasteiger partial charge >= 0.3 is 6.03 Å². The molecule has 1 fully saturated rings. The van der Waals surface area contributed by atoms with Crippen LogP contribution in [0.3, 0.4) is 0 Å². The Morgan fingerprint density at radius 2 is 1.56 bits per heavy atom. The number of benzene rings is 3. The van der Waals surface area contributed by atoms with Crippen molar-refractivity contribution in [3.63, 3.8) is 0 Å². The molecule has 4 heteroatoms. The number of carbonyl (C=O) groups is 1. The number of amides is 2. The monoisotopic (exact) mass is 453 g/mol. The first-order chi connectivity index (χ1) is 16.3. The molecule has 0 radical (unpaired) electrons. The molecule has 1 saturated heterocycles. The molecule has 0 atom stereocenters. The first kappa shape index (κ1) is 22.7. The fourth-order valence-electron chi connectivity index (χ4n) is 5.86. The molecular weight excluding hydrogens is 418 g/mol. The summed E-state index contributed by atoms with van der Waals surface area (Å²) in [6, 6.07) is 21.4. The zero-order chi connectivity index (χ0) is 23.9. The van der Waals surface area contributed by atoms with Crippen LogP contribution in [0.1, 0.15) is 46.2 Å². The van der Waals surface area contributed by atoms with E-state index in [9.17, 15) is 4.79 Å². The van der Waals surface area contributed by atoms with Crippen molar-refractivity contribution in [3.8, 4) is 0 Å². The van der Waals surface area contributed by atoms with Crippen molar-refractivity contribution in [1.82, 2.24) is 4.90 Å². The summed E-state index contributed by atoms with van der Waals surface area (Å²) < 4.78 is 0. The first-order valence-corrected chi connectivity index (χ1v) is 12.4. The number of piperidine rings is 1. The summed E-state index contributed by atoms with van der Waals surface area (Å²) in [7, 11) is 0. The number of carbonyl (C=O) groups excluding carboxylic acids is 1. The molecule has 0 unspecified atom stereocenters. The molecule has 0 aliphatic carbocycles. The smallest absolute Gasteiger partial charge is 0.308 e. The molecule has 2 heterocycles. The minimum Gasteiger partial charge on any atom is -0.308 e. The van der Waals surface area contributed by atoms with Crippen molar-refractivity contribution in [3.05, 3.63) is 94.0 Å². The molecule has 34 heavy (non-hydrogen) atoms. The van der Waals surface area contributed by atoms with Crippen LogP contribution in [-0.4, -0.2) is 30.6 Å². The van der Waals surface area contributed by atoms with Crippen LogP contribution in [0.2, 0.25) is 0 Å². The molecule has 3 aromatic carbocycles. The Labute approximate surface area is 203 Å². The van der Waals surface area contributed by atoms with E-state index in [0.717, 1.165) is 56.0 Å². The van der Waals surface area contributed by atoms with Crippen molar-refractivity contribution in [2.24, 2.45) is 0 Å². The SMILES string of the molecule is Cc1cc(C)cc(CN2CCC3(CC2)CN(C(=O)Nc2cccc(C)c2)c2ccc(C)cc23)c1. The number of urea groups is 1. The number of hydrogen-bond acceptors (Lipinski definition) is 2. The average molecular weight is 454 g/mol. The first-order valence-electron chi connectivity index (χ1n) is 12.4. The van der Waals surface area contributed by atoms with E-state index in [1.807, 2.05) is 36.1 Å². The Bertz CT molecular complexity index is 1200. The van der Waals surface area contributed by atoms with E-state index in [-0.39, 0.29) is 11.4 Å². The van der Waals surface area contributed by atoms with Crippen molar-refractivity contribution >= 4 is 17.4 Å². The van der Waals surface area contributed by atoms with Gasteiger partial charge in [-0.05, 0) is 88.5 Å². The third-order valence-corrected chi connectivity index (χ3v) is 7.49. The number of aryl methyl sites for hydroxylation is 4. The lowest BCUT2D eigenvalue weighted by molar-refractivity contribution is 0.160. The highest BCUT2D eigenvalue weighted by Crippen LogP contribution is 2.47. The third-order valence-electron chi connectivity index (χ3n) is 7.49. The molecule has 0 saturated carbocycles. The van der Waals surface area contributed by atoms with Crippen LogP contribution < -0.4 is 10.2 Å². The quantitative estimate of drug-likeness (QED) is 0.491. The van der Waals surface area contributed by atoms with Crippen LogP contribution in [-0.2, 0) is 12.0 Å². The van der Waals surface area contributed by atoms with Gasteiger partial charge in [-0.25, -0.2) is 4.79 Å². The maximum Gasteiger partial charge on any atom is 0.326 e. The molecule has 2 aliphatic heterocycles. The molecular formula is C30H35N3O. The highest BCUT2D eigenvalue weighted by Gasteiger charge is 2.46. The molecule has 0 aromatic heterocycles. The van der Waals surface area contributed by atoms with Gasteiger partial charge in [0, 0.05) is 29.9 Å². The zero-order valence-electron chi connectivity index (χ0n) is 20.8. The van der Waals surface area contributed by atoms with Gasteiger partial charge in [-0.2, -0.15) is 0 Å². The number of anilines is 2. The number of nitrogens with zero attached hydrogens (tertiary/aromatic N) is 2. The van der Waals surface area contributed by atoms with Crippen LogP contribution >= 0.6 is 0 Å². The van der Waals surface area contributed by atoms with E-state index in [2.05, 4.69) is 67.4 Å².